The molecule has 0 aliphatic heterocycles. The maximum absolute atomic E-state index is 9.59. The first-order valence-corrected chi connectivity index (χ1v) is 2.89. The Bertz CT molecular complexity index is 102. The summed E-state index contributed by atoms with van der Waals surface area (Å²) in [5.74, 6) is 0. The summed E-state index contributed by atoms with van der Waals surface area (Å²) >= 11 is 15.6. The van der Waals surface area contributed by atoms with Crippen molar-refractivity contribution in [3.8, 4) is 0 Å². The molecule has 0 amide bonds. The van der Waals surface area contributed by atoms with Gasteiger partial charge >= 0.3 is 0 Å². The van der Waals surface area contributed by atoms with E-state index in [9.17, 15) is 4.79 Å². The summed E-state index contributed by atoms with van der Waals surface area (Å²) in [5.41, 5.74) is 0. The van der Waals surface area contributed by atoms with E-state index >= 15 is 0 Å². The number of alkyl halides is 3. The third-order valence-electron chi connectivity index (χ3n) is 0.364. The molecule has 0 aromatic heterocycles. The highest BCUT2D eigenvalue weighted by molar-refractivity contribution is 6.69. The summed E-state index contributed by atoms with van der Waals surface area (Å²) in [5, 5.41) is 0. The largest absolute Gasteiger partial charge is 0.299 e. The topological polar surface area (TPSA) is 17.1 Å². The first-order valence-electron chi connectivity index (χ1n) is 1.76. The van der Waals surface area contributed by atoms with Crippen molar-refractivity contribution in [2.24, 2.45) is 0 Å². The van der Waals surface area contributed by atoms with Crippen LogP contribution in [0.5, 0.6) is 0 Å². The van der Waals surface area contributed by atoms with Gasteiger partial charge in [-0.3, -0.25) is 4.79 Å². The Balaban J connectivity index is 3.69. The van der Waals surface area contributed by atoms with Crippen LogP contribution in [-0.4, -0.2) is 10.1 Å². The van der Waals surface area contributed by atoms with Crippen LogP contribution in [-0.2, 0) is 4.79 Å². The molecule has 0 spiro atoms. The molecular formula is C4H3Cl3O. The fourth-order valence-electron chi connectivity index (χ4n) is 0.148. The predicted molar refractivity (Wildman–Crippen MR) is 35.5 cm³/mol. The molecule has 0 aromatic carbocycles. The number of rotatable bonds is 1. The van der Waals surface area contributed by atoms with E-state index in [1.807, 2.05) is 0 Å². The van der Waals surface area contributed by atoms with E-state index in [1.165, 1.54) is 6.08 Å². The second-order valence-electron chi connectivity index (χ2n) is 1.04. The maximum Gasteiger partial charge on any atom is 0.209 e. The highest BCUT2D eigenvalue weighted by atomic mass is 35.6. The van der Waals surface area contributed by atoms with Crippen LogP contribution in [0.15, 0.2) is 12.2 Å². The highest BCUT2D eigenvalue weighted by Gasteiger charge is 2.12. The van der Waals surface area contributed by atoms with Crippen LogP contribution in [0.25, 0.3) is 0 Å². The zero-order valence-corrected chi connectivity index (χ0v) is 6.04. The van der Waals surface area contributed by atoms with Gasteiger partial charge in [-0.05, 0) is 12.2 Å². The Kier molecular flexibility index (Phi) is 3.45. The summed E-state index contributed by atoms with van der Waals surface area (Å²) in [6.45, 7) is 0. The summed E-state index contributed by atoms with van der Waals surface area (Å²) in [6.07, 6.45) is 2.85. The molecule has 0 saturated heterocycles. The van der Waals surface area contributed by atoms with E-state index in [2.05, 4.69) is 0 Å². The molecule has 0 aliphatic rings. The molecule has 0 rings (SSSR count). The fraction of sp³-hybridized carbons (Fsp3) is 0.250. The van der Waals surface area contributed by atoms with Crippen molar-refractivity contribution in [1.82, 2.24) is 0 Å². The Morgan fingerprint density at radius 2 is 1.75 bits per heavy atom. The van der Waals surface area contributed by atoms with Gasteiger partial charge in [0.1, 0.15) is 6.29 Å². The van der Waals surface area contributed by atoms with Crippen LogP contribution in [0.3, 0.4) is 0 Å². The number of halogens is 3. The summed E-state index contributed by atoms with van der Waals surface area (Å²) in [6, 6.07) is 0. The Morgan fingerprint density at radius 1 is 1.25 bits per heavy atom. The zero-order valence-electron chi connectivity index (χ0n) is 3.77. The van der Waals surface area contributed by atoms with Crippen molar-refractivity contribution in [2.45, 2.75) is 3.79 Å². The van der Waals surface area contributed by atoms with E-state index in [0.717, 1.165) is 6.08 Å². The van der Waals surface area contributed by atoms with Crippen LogP contribution >= 0.6 is 34.8 Å². The number of aldehydes is 1. The van der Waals surface area contributed by atoms with Gasteiger partial charge in [0.05, 0.1) is 0 Å². The molecule has 0 bridgehead atoms. The molecule has 0 unspecified atom stereocenters. The lowest BCUT2D eigenvalue weighted by Gasteiger charge is -1.99. The van der Waals surface area contributed by atoms with E-state index in [0.29, 0.717) is 6.29 Å². The monoisotopic (exact) mass is 172 g/mol. The molecule has 1 nitrogen and oxygen atoms in total. The lowest BCUT2D eigenvalue weighted by Crippen LogP contribution is -1.93. The minimum Gasteiger partial charge on any atom is -0.299 e. The van der Waals surface area contributed by atoms with Gasteiger partial charge in [-0.1, -0.05) is 34.8 Å². The van der Waals surface area contributed by atoms with E-state index in [-0.39, 0.29) is 0 Å². The van der Waals surface area contributed by atoms with E-state index in [1.54, 1.807) is 0 Å². The van der Waals surface area contributed by atoms with Gasteiger partial charge in [-0.25, -0.2) is 0 Å². The van der Waals surface area contributed by atoms with Crippen molar-refractivity contribution in [3.05, 3.63) is 12.2 Å². The smallest absolute Gasteiger partial charge is 0.209 e. The van der Waals surface area contributed by atoms with Crippen LogP contribution < -0.4 is 0 Å². The van der Waals surface area contributed by atoms with Crippen molar-refractivity contribution in [2.75, 3.05) is 0 Å². The SMILES string of the molecule is O=CC=CC(Cl)(Cl)Cl. The lowest BCUT2D eigenvalue weighted by atomic mass is 10.6. The van der Waals surface area contributed by atoms with Gasteiger partial charge in [0, 0.05) is 0 Å². The Labute approximate surface area is 62.2 Å². The molecule has 0 heterocycles. The van der Waals surface area contributed by atoms with Crippen LogP contribution in [0.2, 0.25) is 0 Å². The van der Waals surface area contributed by atoms with Gasteiger partial charge in [-0.2, -0.15) is 0 Å². The average molecular weight is 173 g/mol. The quantitative estimate of drug-likeness (QED) is 0.337. The van der Waals surface area contributed by atoms with Gasteiger partial charge in [0.2, 0.25) is 3.79 Å². The normalized spacial score (nSPS) is 12.4. The Morgan fingerprint density at radius 3 is 1.88 bits per heavy atom. The number of allylic oxidation sites excluding steroid dienone is 2. The van der Waals surface area contributed by atoms with Gasteiger partial charge < -0.3 is 0 Å². The number of carbonyl (C=O) groups excluding carboxylic acids is 1. The molecule has 46 valence electrons. The standard InChI is InChI=1S/C4H3Cl3O/c5-4(6,7)2-1-3-8/h1-3H. The minimum atomic E-state index is -1.44. The van der Waals surface area contributed by atoms with Crippen LogP contribution in [0.4, 0.5) is 0 Å². The highest BCUT2D eigenvalue weighted by Crippen LogP contribution is 2.26. The number of carbonyl (C=O) groups is 1. The molecule has 0 radical (unpaired) electrons. The average Bonchev–Trinajstić information content (AvgIpc) is 1.59. The van der Waals surface area contributed by atoms with Gasteiger partial charge in [0.25, 0.3) is 0 Å². The zero-order chi connectivity index (χ0) is 6.62. The summed E-state index contributed by atoms with van der Waals surface area (Å²) in [7, 11) is 0. The predicted octanol–water partition coefficient (Wildman–Crippen LogP) is 2.11. The first-order chi connectivity index (χ1) is 3.56. The summed E-state index contributed by atoms with van der Waals surface area (Å²) in [4.78, 5) is 9.59. The molecule has 4 heteroatoms. The summed E-state index contributed by atoms with van der Waals surface area (Å²) < 4.78 is -1.44. The molecule has 0 atom stereocenters. The van der Waals surface area contributed by atoms with Crippen LogP contribution in [0.1, 0.15) is 0 Å². The minimum absolute atomic E-state index is 0.544. The molecule has 0 fully saturated rings. The maximum atomic E-state index is 9.59. The molecule has 0 saturated carbocycles. The van der Waals surface area contributed by atoms with E-state index in [4.69, 9.17) is 34.8 Å². The third-order valence-corrected chi connectivity index (χ3v) is 0.742. The van der Waals surface area contributed by atoms with Crippen molar-refractivity contribution in [3.63, 3.8) is 0 Å². The van der Waals surface area contributed by atoms with Crippen molar-refractivity contribution >= 4 is 41.1 Å². The number of hydrogen-bond donors (Lipinski definition) is 0. The second-order valence-corrected chi connectivity index (χ2v) is 3.41. The molecule has 0 aromatic rings. The number of hydrogen-bond acceptors (Lipinski definition) is 1. The van der Waals surface area contributed by atoms with E-state index < -0.39 is 3.79 Å². The molecule has 8 heavy (non-hydrogen) atoms. The fourth-order valence-corrected chi connectivity index (χ4v) is 0.367. The van der Waals surface area contributed by atoms with Gasteiger partial charge in [-0.15, -0.1) is 0 Å². The van der Waals surface area contributed by atoms with Crippen molar-refractivity contribution < 1.29 is 4.79 Å². The molecular weight excluding hydrogens is 170 g/mol. The second kappa shape index (κ2) is 3.33. The lowest BCUT2D eigenvalue weighted by molar-refractivity contribution is -0.104. The molecule has 0 N–H and O–H groups in total. The molecule has 0 aliphatic carbocycles. The van der Waals surface area contributed by atoms with Gasteiger partial charge in [0.15, 0.2) is 0 Å². The van der Waals surface area contributed by atoms with Crippen molar-refractivity contribution in [1.29, 1.82) is 0 Å². The third kappa shape index (κ3) is 6.28. The van der Waals surface area contributed by atoms with Crippen LogP contribution in [0, 0.1) is 0 Å². The first kappa shape index (κ1) is 8.28. The Hall–Kier alpha value is 0.280.